The maximum Gasteiger partial charge on any atom is 0.319 e. The molecule has 2 heterocycles. The molecule has 0 spiro atoms. The summed E-state index contributed by atoms with van der Waals surface area (Å²) in [5.74, 6) is 1.01. The number of carbonyl (C=O) groups is 1. The third kappa shape index (κ3) is 5.74. The van der Waals surface area contributed by atoms with Crippen molar-refractivity contribution in [2.75, 3.05) is 36.5 Å². The number of benzene rings is 1. The molecule has 10 heteroatoms. The molecule has 32 heavy (non-hydrogen) atoms. The minimum atomic E-state index is -3.31. The van der Waals surface area contributed by atoms with Gasteiger partial charge in [0.05, 0.1) is 29.9 Å². The topological polar surface area (TPSA) is 114 Å². The molecule has 4 rings (SSSR count). The highest BCUT2D eigenvalue weighted by molar-refractivity contribution is 7.91. The molecule has 1 saturated heterocycles. The van der Waals surface area contributed by atoms with Crippen molar-refractivity contribution in [2.45, 2.75) is 43.7 Å². The lowest BCUT2D eigenvalue weighted by atomic mass is 10.2. The fraction of sp³-hybridized carbons (Fsp3) is 0.500. The number of urea groups is 1. The average Bonchev–Trinajstić information content (AvgIpc) is 3.58. The number of ether oxygens (including phenoxy) is 1. The quantitative estimate of drug-likeness (QED) is 0.654. The fourth-order valence-corrected chi connectivity index (χ4v) is 4.19. The summed E-state index contributed by atoms with van der Waals surface area (Å²) in [5, 5.41) is 5.21. The Morgan fingerprint density at radius 1 is 1.16 bits per heavy atom. The number of aromatic nitrogens is 2. The highest BCUT2D eigenvalue weighted by atomic mass is 32.2. The van der Waals surface area contributed by atoms with E-state index in [-0.39, 0.29) is 17.8 Å². The predicted octanol–water partition coefficient (Wildman–Crippen LogP) is 2.59. The lowest BCUT2D eigenvalue weighted by molar-refractivity contribution is 0.122. The summed E-state index contributed by atoms with van der Waals surface area (Å²) in [4.78, 5) is 23.3. The van der Waals surface area contributed by atoms with E-state index in [1.807, 2.05) is 12.1 Å². The smallest absolute Gasteiger partial charge is 0.319 e. The molecule has 0 unspecified atom stereocenters. The van der Waals surface area contributed by atoms with Gasteiger partial charge in [0.25, 0.3) is 0 Å². The van der Waals surface area contributed by atoms with Gasteiger partial charge in [-0.2, -0.15) is 0 Å². The van der Waals surface area contributed by atoms with E-state index in [0.29, 0.717) is 49.3 Å². The first kappa shape index (κ1) is 22.5. The summed E-state index contributed by atoms with van der Waals surface area (Å²) >= 11 is 0. The molecule has 1 aromatic heterocycles. The van der Waals surface area contributed by atoms with Crippen LogP contribution in [0, 0.1) is 0 Å². The second-order valence-electron chi connectivity index (χ2n) is 8.45. The molecule has 1 aromatic carbocycles. The normalized spacial score (nSPS) is 16.8. The maximum atomic E-state index is 12.5. The molecule has 2 aliphatic rings. The molecule has 0 radical (unpaired) electrons. The van der Waals surface area contributed by atoms with E-state index >= 15 is 0 Å². The summed E-state index contributed by atoms with van der Waals surface area (Å²) in [6, 6.07) is 9.05. The summed E-state index contributed by atoms with van der Waals surface area (Å²) in [5.41, 5.74) is 1.88. The van der Waals surface area contributed by atoms with Crippen molar-refractivity contribution < 1.29 is 17.9 Å². The Morgan fingerprint density at radius 3 is 2.47 bits per heavy atom. The van der Waals surface area contributed by atoms with E-state index in [9.17, 15) is 13.2 Å². The molecule has 0 atom stereocenters. The van der Waals surface area contributed by atoms with Crippen LogP contribution >= 0.6 is 0 Å². The SMILES string of the molecule is CC(C)S(=O)(=O)Cc1cc(N2CCOCC2)nc(-c2ccc(NC(=O)NC3CC3)cc2)n1. The molecule has 1 saturated carbocycles. The molecule has 2 fully saturated rings. The van der Waals surface area contributed by atoms with Crippen molar-refractivity contribution in [3.05, 3.63) is 36.0 Å². The van der Waals surface area contributed by atoms with Gasteiger partial charge in [-0.05, 0) is 51.0 Å². The first-order chi connectivity index (χ1) is 15.3. The van der Waals surface area contributed by atoms with Crippen molar-refractivity contribution in [1.29, 1.82) is 0 Å². The average molecular weight is 460 g/mol. The van der Waals surface area contributed by atoms with Gasteiger partial charge in [-0.25, -0.2) is 23.2 Å². The van der Waals surface area contributed by atoms with Gasteiger partial charge in [0.1, 0.15) is 5.82 Å². The first-order valence-electron chi connectivity index (χ1n) is 10.9. The van der Waals surface area contributed by atoms with Crippen molar-refractivity contribution in [1.82, 2.24) is 15.3 Å². The zero-order chi connectivity index (χ0) is 22.7. The highest BCUT2D eigenvalue weighted by Crippen LogP contribution is 2.24. The molecule has 9 nitrogen and oxygen atoms in total. The summed E-state index contributed by atoms with van der Waals surface area (Å²) < 4.78 is 30.5. The largest absolute Gasteiger partial charge is 0.378 e. The van der Waals surface area contributed by atoms with Crippen LogP contribution in [0.25, 0.3) is 11.4 Å². The van der Waals surface area contributed by atoms with Crippen molar-refractivity contribution in [3.8, 4) is 11.4 Å². The highest BCUT2D eigenvalue weighted by Gasteiger charge is 2.23. The van der Waals surface area contributed by atoms with Gasteiger partial charge >= 0.3 is 6.03 Å². The van der Waals surface area contributed by atoms with Gasteiger partial charge in [-0.3, -0.25) is 0 Å². The van der Waals surface area contributed by atoms with E-state index in [1.54, 1.807) is 32.0 Å². The predicted molar refractivity (Wildman–Crippen MR) is 123 cm³/mol. The van der Waals surface area contributed by atoms with Crippen LogP contribution in [0.2, 0.25) is 0 Å². The Labute approximate surface area is 188 Å². The number of amides is 2. The molecule has 1 aliphatic carbocycles. The van der Waals surface area contributed by atoms with Crippen LogP contribution in [-0.2, 0) is 20.3 Å². The molecule has 2 aromatic rings. The van der Waals surface area contributed by atoms with E-state index in [1.165, 1.54) is 0 Å². The van der Waals surface area contributed by atoms with Gasteiger partial charge in [-0.1, -0.05) is 0 Å². The van der Waals surface area contributed by atoms with Crippen molar-refractivity contribution in [3.63, 3.8) is 0 Å². The van der Waals surface area contributed by atoms with Crippen molar-refractivity contribution in [2.24, 2.45) is 0 Å². The molecule has 172 valence electrons. The van der Waals surface area contributed by atoms with Crippen LogP contribution in [-0.4, -0.2) is 62.0 Å². The van der Waals surface area contributed by atoms with Gasteiger partial charge < -0.3 is 20.3 Å². The molecular formula is C22H29N5O4S. The first-order valence-corrected chi connectivity index (χ1v) is 12.6. The Kier molecular flexibility index (Phi) is 6.61. The zero-order valence-electron chi connectivity index (χ0n) is 18.4. The second-order valence-corrected chi connectivity index (χ2v) is 11.0. The van der Waals surface area contributed by atoms with Crippen LogP contribution in [0.15, 0.2) is 30.3 Å². The fourth-order valence-electron chi connectivity index (χ4n) is 3.30. The van der Waals surface area contributed by atoms with Crippen LogP contribution < -0.4 is 15.5 Å². The summed E-state index contributed by atoms with van der Waals surface area (Å²) in [6.07, 6.45) is 2.05. The molecule has 2 N–H and O–H groups in total. The number of carbonyl (C=O) groups excluding carboxylic acids is 1. The van der Waals surface area contributed by atoms with Crippen LogP contribution in [0.1, 0.15) is 32.4 Å². The Bertz CT molecular complexity index is 1060. The zero-order valence-corrected chi connectivity index (χ0v) is 19.2. The van der Waals surface area contributed by atoms with Crippen LogP contribution in [0.4, 0.5) is 16.3 Å². The molecule has 0 bridgehead atoms. The maximum absolute atomic E-state index is 12.5. The number of sulfone groups is 1. The van der Waals surface area contributed by atoms with Gasteiger partial charge in [0, 0.05) is 36.4 Å². The van der Waals surface area contributed by atoms with Crippen LogP contribution in [0.5, 0.6) is 0 Å². The van der Waals surface area contributed by atoms with E-state index < -0.39 is 15.1 Å². The summed E-state index contributed by atoms with van der Waals surface area (Å²) in [7, 11) is -3.31. The second kappa shape index (κ2) is 9.41. The number of nitrogens with one attached hydrogen (secondary N) is 2. The number of hydrogen-bond donors (Lipinski definition) is 2. The Hall–Kier alpha value is -2.72. The minimum absolute atomic E-state index is 0.140. The van der Waals surface area contributed by atoms with Gasteiger partial charge in [0.2, 0.25) is 0 Å². The van der Waals surface area contributed by atoms with Gasteiger partial charge in [0.15, 0.2) is 15.7 Å². The third-order valence-electron chi connectivity index (χ3n) is 5.48. The minimum Gasteiger partial charge on any atom is -0.378 e. The number of rotatable bonds is 7. The number of anilines is 2. The number of nitrogens with zero attached hydrogens (tertiary/aromatic N) is 3. The van der Waals surface area contributed by atoms with Crippen molar-refractivity contribution >= 4 is 27.4 Å². The number of hydrogen-bond acceptors (Lipinski definition) is 7. The monoisotopic (exact) mass is 459 g/mol. The Balaban J connectivity index is 1.59. The molecular weight excluding hydrogens is 430 g/mol. The summed E-state index contributed by atoms with van der Waals surface area (Å²) in [6.45, 7) is 5.92. The lowest BCUT2D eigenvalue weighted by Gasteiger charge is -2.28. The van der Waals surface area contributed by atoms with E-state index in [2.05, 4.69) is 20.5 Å². The lowest BCUT2D eigenvalue weighted by Crippen LogP contribution is -2.37. The Morgan fingerprint density at radius 2 is 1.84 bits per heavy atom. The molecule has 1 aliphatic heterocycles. The third-order valence-corrected chi connectivity index (χ3v) is 7.62. The molecule has 2 amide bonds. The van der Waals surface area contributed by atoms with Crippen LogP contribution in [0.3, 0.4) is 0 Å². The number of morpholine rings is 1. The van der Waals surface area contributed by atoms with E-state index in [4.69, 9.17) is 9.72 Å². The van der Waals surface area contributed by atoms with E-state index in [0.717, 1.165) is 18.4 Å². The van der Waals surface area contributed by atoms with Gasteiger partial charge in [-0.15, -0.1) is 0 Å². The standard InChI is InChI=1S/C22H29N5O4S/c1-15(2)32(29,30)14-19-13-20(27-9-11-31-12-10-27)26-21(23-19)16-3-5-17(6-4-16)24-22(28)25-18-7-8-18/h3-6,13,15,18H,7-12,14H2,1-2H3,(H2,24,25,28).